The Hall–Kier alpha value is -0.340. The Morgan fingerprint density at radius 2 is 2.75 bits per heavy atom. The second-order valence-electron chi connectivity index (χ2n) is 1.69. The van der Waals surface area contributed by atoms with Gasteiger partial charge in [0.25, 0.3) is 0 Å². The number of hydroxylamine groups is 2. The first-order valence-electron chi connectivity index (χ1n) is 2.77. The molecule has 2 heteroatoms. The van der Waals surface area contributed by atoms with E-state index in [-0.39, 0.29) is 0 Å². The SMILES string of the molecule is C=CCN1[CH]CCO1. The van der Waals surface area contributed by atoms with Gasteiger partial charge in [-0.25, -0.2) is 0 Å². The molecule has 0 aromatic carbocycles. The van der Waals surface area contributed by atoms with E-state index >= 15 is 0 Å². The van der Waals surface area contributed by atoms with Gasteiger partial charge < -0.3 is 0 Å². The van der Waals surface area contributed by atoms with E-state index in [1.54, 1.807) is 5.06 Å². The Kier molecular flexibility index (Phi) is 2.06. The van der Waals surface area contributed by atoms with Crippen molar-refractivity contribution in [1.82, 2.24) is 5.06 Å². The summed E-state index contributed by atoms with van der Waals surface area (Å²) in [5, 5.41) is 1.80. The molecule has 0 atom stereocenters. The van der Waals surface area contributed by atoms with Crippen molar-refractivity contribution in [3.05, 3.63) is 19.2 Å². The van der Waals surface area contributed by atoms with Gasteiger partial charge in [0, 0.05) is 6.54 Å². The Balaban J connectivity index is 2.14. The van der Waals surface area contributed by atoms with Crippen molar-refractivity contribution in [3.8, 4) is 0 Å². The summed E-state index contributed by atoms with van der Waals surface area (Å²) in [7, 11) is 0. The van der Waals surface area contributed by atoms with Crippen molar-refractivity contribution in [2.75, 3.05) is 13.2 Å². The van der Waals surface area contributed by atoms with Gasteiger partial charge in [-0.15, -0.1) is 6.58 Å². The monoisotopic (exact) mass is 112 g/mol. The minimum Gasteiger partial charge on any atom is -0.298 e. The molecular weight excluding hydrogens is 102 g/mol. The zero-order chi connectivity index (χ0) is 5.82. The molecule has 1 fully saturated rings. The molecule has 1 saturated heterocycles. The van der Waals surface area contributed by atoms with Gasteiger partial charge in [0.1, 0.15) is 0 Å². The molecule has 0 aromatic heterocycles. The summed E-state index contributed by atoms with van der Waals surface area (Å²) in [6.07, 6.45) is 2.86. The second kappa shape index (κ2) is 2.84. The van der Waals surface area contributed by atoms with E-state index in [9.17, 15) is 0 Å². The maximum absolute atomic E-state index is 5.10. The minimum atomic E-state index is 0.806. The minimum absolute atomic E-state index is 0.806. The average Bonchev–Trinajstić information content (AvgIpc) is 2.19. The van der Waals surface area contributed by atoms with Crippen LogP contribution in [0.15, 0.2) is 12.7 Å². The van der Waals surface area contributed by atoms with Crippen LogP contribution >= 0.6 is 0 Å². The molecule has 8 heavy (non-hydrogen) atoms. The maximum Gasteiger partial charge on any atom is 0.0701 e. The van der Waals surface area contributed by atoms with Crippen LogP contribution in [-0.2, 0) is 4.84 Å². The van der Waals surface area contributed by atoms with Gasteiger partial charge in [-0.05, 0) is 6.42 Å². The van der Waals surface area contributed by atoms with Crippen molar-refractivity contribution in [3.63, 3.8) is 0 Å². The van der Waals surface area contributed by atoms with Crippen molar-refractivity contribution >= 4 is 0 Å². The summed E-state index contributed by atoms with van der Waals surface area (Å²) in [5.41, 5.74) is 0. The molecule has 2 nitrogen and oxygen atoms in total. The van der Waals surface area contributed by atoms with Crippen LogP contribution in [0.4, 0.5) is 0 Å². The van der Waals surface area contributed by atoms with E-state index in [0.717, 1.165) is 19.6 Å². The van der Waals surface area contributed by atoms with E-state index in [0.29, 0.717) is 0 Å². The van der Waals surface area contributed by atoms with Crippen LogP contribution in [0.25, 0.3) is 0 Å². The fraction of sp³-hybridized carbons (Fsp3) is 0.500. The van der Waals surface area contributed by atoms with Crippen LogP contribution in [0.3, 0.4) is 0 Å². The van der Waals surface area contributed by atoms with Crippen LogP contribution < -0.4 is 0 Å². The van der Waals surface area contributed by atoms with E-state index in [2.05, 4.69) is 6.58 Å². The van der Waals surface area contributed by atoms with Crippen LogP contribution in [0, 0.1) is 6.54 Å². The highest BCUT2D eigenvalue weighted by molar-refractivity contribution is 4.75. The molecule has 0 saturated carbocycles. The van der Waals surface area contributed by atoms with Gasteiger partial charge in [0.15, 0.2) is 0 Å². The Labute approximate surface area is 49.7 Å². The van der Waals surface area contributed by atoms with Gasteiger partial charge in [0.05, 0.1) is 13.2 Å². The highest BCUT2D eigenvalue weighted by Gasteiger charge is 2.09. The molecule has 0 unspecified atom stereocenters. The lowest BCUT2D eigenvalue weighted by molar-refractivity contribution is -0.0847. The van der Waals surface area contributed by atoms with Crippen LogP contribution in [0.1, 0.15) is 6.42 Å². The fourth-order valence-corrected chi connectivity index (χ4v) is 0.674. The molecular formula is C6H10NO. The maximum atomic E-state index is 5.10. The predicted molar refractivity (Wildman–Crippen MR) is 31.8 cm³/mol. The molecule has 0 aliphatic carbocycles. The van der Waals surface area contributed by atoms with Crippen molar-refractivity contribution in [2.45, 2.75) is 6.42 Å². The highest BCUT2D eigenvalue weighted by Crippen LogP contribution is 2.07. The lowest BCUT2D eigenvalue weighted by Gasteiger charge is -2.07. The van der Waals surface area contributed by atoms with Crippen molar-refractivity contribution < 1.29 is 4.84 Å². The molecule has 1 heterocycles. The zero-order valence-electron chi connectivity index (χ0n) is 4.84. The second-order valence-corrected chi connectivity index (χ2v) is 1.69. The van der Waals surface area contributed by atoms with Crippen molar-refractivity contribution in [1.29, 1.82) is 0 Å². The van der Waals surface area contributed by atoms with Gasteiger partial charge in [-0.1, -0.05) is 6.08 Å². The lowest BCUT2D eigenvalue weighted by Crippen LogP contribution is -2.13. The van der Waals surface area contributed by atoms with Crippen LogP contribution in [0.2, 0.25) is 0 Å². The summed E-state index contributed by atoms with van der Waals surface area (Å²) in [6, 6.07) is 0. The van der Waals surface area contributed by atoms with Gasteiger partial charge >= 0.3 is 0 Å². The largest absolute Gasteiger partial charge is 0.298 e. The molecule has 1 radical (unpaired) electrons. The van der Waals surface area contributed by atoms with Gasteiger partial charge in [0.2, 0.25) is 0 Å². The first-order valence-corrected chi connectivity index (χ1v) is 2.77. The molecule has 0 N–H and O–H groups in total. The molecule has 1 rings (SSSR count). The van der Waals surface area contributed by atoms with Gasteiger partial charge in [-0.2, -0.15) is 5.06 Å². The lowest BCUT2D eigenvalue weighted by atomic mass is 10.5. The zero-order valence-corrected chi connectivity index (χ0v) is 4.84. The molecule has 0 amide bonds. The summed E-state index contributed by atoms with van der Waals surface area (Å²) in [6.45, 7) is 7.24. The molecule has 0 aromatic rings. The van der Waals surface area contributed by atoms with Crippen molar-refractivity contribution in [2.24, 2.45) is 0 Å². The smallest absolute Gasteiger partial charge is 0.0701 e. The fourth-order valence-electron chi connectivity index (χ4n) is 0.674. The molecule has 0 bridgehead atoms. The normalized spacial score (nSPS) is 21.5. The molecule has 1 aliphatic rings. The van der Waals surface area contributed by atoms with E-state index in [1.165, 1.54) is 0 Å². The highest BCUT2D eigenvalue weighted by atomic mass is 16.7. The third-order valence-electron chi connectivity index (χ3n) is 1.02. The topological polar surface area (TPSA) is 12.5 Å². The van der Waals surface area contributed by atoms with Crippen LogP contribution in [0.5, 0.6) is 0 Å². The standard InChI is InChI=1S/C6H10NO/c1-2-4-7-5-3-6-8-7/h2,5H,1,3-4,6H2. The summed E-state index contributed by atoms with van der Waals surface area (Å²) in [4.78, 5) is 5.10. The number of rotatable bonds is 2. The predicted octanol–water partition coefficient (Wildman–Crippen LogP) is 0.971. The van der Waals surface area contributed by atoms with Gasteiger partial charge in [-0.3, -0.25) is 4.84 Å². The number of nitrogens with zero attached hydrogens (tertiary/aromatic N) is 1. The third kappa shape index (κ3) is 1.32. The summed E-state index contributed by atoms with van der Waals surface area (Å²) in [5.74, 6) is 0. The Morgan fingerprint density at radius 1 is 1.88 bits per heavy atom. The average molecular weight is 112 g/mol. The Morgan fingerprint density at radius 3 is 3.25 bits per heavy atom. The third-order valence-corrected chi connectivity index (χ3v) is 1.02. The van der Waals surface area contributed by atoms with Crippen LogP contribution in [-0.4, -0.2) is 18.2 Å². The number of hydrogen-bond acceptors (Lipinski definition) is 2. The number of hydrogen-bond donors (Lipinski definition) is 0. The molecule has 1 aliphatic heterocycles. The van der Waals surface area contributed by atoms with E-state index in [4.69, 9.17) is 4.84 Å². The first kappa shape index (κ1) is 5.79. The molecule has 45 valence electrons. The quantitative estimate of drug-likeness (QED) is 0.493. The first-order chi connectivity index (χ1) is 3.93. The molecule has 0 spiro atoms. The summed E-state index contributed by atoms with van der Waals surface area (Å²) < 4.78 is 0. The van der Waals surface area contributed by atoms with E-state index in [1.807, 2.05) is 12.6 Å². The van der Waals surface area contributed by atoms with E-state index < -0.39 is 0 Å². The summed E-state index contributed by atoms with van der Waals surface area (Å²) >= 11 is 0. The Bertz CT molecular complexity index is 76.6.